The van der Waals surface area contributed by atoms with Crippen LogP contribution in [0.2, 0.25) is 0 Å². The van der Waals surface area contributed by atoms with Crippen molar-refractivity contribution in [2.24, 2.45) is 11.3 Å². The fourth-order valence-electron chi connectivity index (χ4n) is 5.80. The first-order valence-electron chi connectivity index (χ1n) is 12.8. The number of rotatable bonds is 14. The maximum absolute atomic E-state index is 12.9. The van der Waals surface area contributed by atoms with Gasteiger partial charge in [-0.25, -0.2) is 0 Å². The molecular formula is C26H39NO8. The number of β-amino-alcohol motifs (C(OH)–C–C–N with tert-alkyl or cyclic N) is 1. The Hall–Kier alpha value is -2.07. The highest BCUT2D eigenvalue weighted by atomic mass is 16.6. The van der Waals surface area contributed by atoms with Crippen molar-refractivity contribution < 1.29 is 39.5 Å². The summed E-state index contributed by atoms with van der Waals surface area (Å²) in [6.45, 7) is 2.25. The second-order valence-corrected chi connectivity index (χ2v) is 10.1. The van der Waals surface area contributed by atoms with E-state index in [1.54, 1.807) is 0 Å². The molecule has 1 spiro atoms. The topological polar surface area (TPSA) is 153 Å². The molecule has 0 aromatic heterocycles. The molecule has 2 aliphatic heterocycles. The Bertz CT molecular complexity index is 854. The summed E-state index contributed by atoms with van der Waals surface area (Å²) in [4.78, 5) is 36.1. The minimum Gasteiger partial charge on any atom is -0.481 e. The molecular weight excluding hydrogens is 454 g/mol. The first-order valence-corrected chi connectivity index (χ1v) is 12.8. The zero-order valence-electron chi connectivity index (χ0n) is 20.4. The van der Waals surface area contributed by atoms with Gasteiger partial charge in [-0.2, -0.15) is 0 Å². The Morgan fingerprint density at radius 1 is 1.23 bits per heavy atom. The summed E-state index contributed by atoms with van der Waals surface area (Å²) in [5.41, 5.74) is -0.344. The first kappa shape index (κ1) is 27.5. The molecule has 9 nitrogen and oxygen atoms in total. The Kier molecular flexibility index (Phi) is 9.26. The summed E-state index contributed by atoms with van der Waals surface area (Å²) in [6, 6.07) is 0. The van der Waals surface area contributed by atoms with Crippen LogP contribution in [0.15, 0.2) is 23.9 Å². The van der Waals surface area contributed by atoms with Gasteiger partial charge >= 0.3 is 5.97 Å². The highest BCUT2D eigenvalue weighted by Crippen LogP contribution is 2.57. The lowest BCUT2D eigenvalue weighted by Gasteiger charge is -2.54. The molecule has 3 aliphatic rings. The largest absolute Gasteiger partial charge is 0.481 e. The van der Waals surface area contributed by atoms with Crippen LogP contribution in [0.1, 0.15) is 77.6 Å². The average molecular weight is 494 g/mol. The first-order chi connectivity index (χ1) is 16.6. The molecule has 6 atom stereocenters. The predicted molar refractivity (Wildman–Crippen MR) is 127 cm³/mol. The summed E-state index contributed by atoms with van der Waals surface area (Å²) >= 11 is 0. The zero-order chi connectivity index (χ0) is 25.6. The van der Waals surface area contributed by atoms with Gasteiger partial charge in [0.25, 0.3) is 0 Å². The predicted octanol–water partition coefficient (Wildman–Crippen LogP) is 1.99. The number of carboxylic acid groups (broad SMARTS) is 1. The van der Waals surface area contributed by atoms with Gasteiger partial charge in [0.1, 0.15) is 6.10 Å². The third kappa shape index (κ3) is 6.02. The normalized spacial score (nSPS) is 32.7. The van der Waals surface area contributed by atoms with E-state index >= 15 is 0 Å². The van der Waals surface area contributed by atoms with Crippen LogP contribution in [0, 0.1) is 11.3 Å². The number of Topliss-reactive ketones (excluding diaryl/α,β-unsaturated/α-hetero) is 1. The van der Waals surface area contributed by atoms with Crippen LogP contribution in [0.4, 0.5) is 0 Å². The number of hydrogen-bond donors (Lipinski definition) is 5. The Morgan fingerprint density at radius 3 is 2.66 bits per heavy atom. The van der Waals surface area contributed by atoms with Crippen molar-refractivity contribution in [3.63, 3.8) is 0 Å². The monoisotopic (exact) mass is 493 g/mol. The van der Waals surface area contributed by atoms with Gasteiger partial charge in [-0.05, 0) is 25.7 Å². The number of carbonyl (C=O) groups excluding carboxylic acids is 2. The molecule has 2 heterocycles. The lowest BCUT2D eigenvalue weighted by atomic mass is 9.58. The van der Waals surface area contributed by atoms with Gasteiger partial charge in [0.2, 0.25) is 11.6 Å². The van der Waals surface area contributed by atoms with Gasteiger partial charge in [0.05, 0.1) is 12.2 Å². The lowest BCUT2D eigenvalue weighted by Crippen LogP contribution is -2.63. The molecule has 3 rings (SSSR count). The molecule has 0 radical (unpaired) electrons. The van der Waals surface area contributed by atoms with E-state index in [1.165, 1.54) is 6.08 Å². The number of nitrogens with one attached hydrogen (secondary N) is 1. The van der Waals surface area contributed by atoms with Crippen molar-refractivity contribution >= 4 is 17.5 Å². The van der Waals surface area contributed by atoms with Crippen LogP contribution in [-0.2, 0) is 19.1 Å². The summed E-state index contributed by atoms with van der Waals surface area (Å²) in [7, 11) is 0. The Morgan fingerprint density at radius 2 is 1.94 bits per heavy atom. The summed E-state index contributed by atoms with van der Waals surface area (Å²) in [5, 5.41) is 44.3. The number of carbonyl (C=O) groups is 3. The second kappa shape index (κ2) is 11.8. The van der Waals surface area contributed by atoms with Gasteiger partial charge in [0.15, 0.2) is 5.78 Å². The molecule has 5 N–H and O–H groups in total. The van der Waals surface area contributed by atoms with Gasteiger partial charge < -0.3 is 30.5 Å². The molecule has 9 heteroatoms. The zero-order valence-corrected chi connectivity index (χ0v) is 20.4. The highest BCUT2D eigenvalue weighted by Gasteiger charge is 2.66. The van der Waals surface area contributed by atoms with Crippen LogP contribution in [0.25, 0.3) is 0 Å². The summed E-state index contributed by atoms with van der Waals surface area (Å²) < 4.78 is 5.87. The maximum atomic E-state index is 12.9. The van der Waals surface area contributed by atoms with Crippen molar-refractivity contribution in [3.8, 4) is 0 Å². The highest BCUT2D eigenvalue weighted by molar-refractivity contribution is 5.98. The van der Waals surface area contributed by atoms with E-state index in [1.807, 2.05) is 19.1 Å². The van der Waals surface area contributed by atoms with Crippen molar-refractivity contribution in [1.82, 2.24) is 5.32 Å². The minimum absolute atomic E-state index is 0.0708. The third-order valence-electron chi connectivity index (χ3n) is 7.67. The fourth-order valence-corrected chi connectivity index (χ4v) is 5.80. The standard InChI is InChI=1S/C26H39NO8/c1-2-3-7-10-17-20(13-19(29)18(28)11-8-5-4-6-9-12-24(32)33)35-26(34)16-25(17)21(14-22(26)30)27-15-23(25)31/h3,7,14,17-18,20,23,27-28,31,34H,2,4-6,8-13,15-16H2,1H3,(H,32,33)/b7-3-/t17-,18-,20-,23-,25?,26+/m1/s1. The van der Waals surface area contributed by atoms with E-state index in [2.05, 4.69) is 5.32 Å². The van der Waals surface area contributed by atoms with Crippen LogP contribution >= 0.6 is 0 Å². The van der Waals surface area contributed by atoms with Crippen LogP contribution in [0.5, 0.6) is 0 Å². The molecule has 196 valence electrons. The van der Waals surface area contributed by atoms with Crippen molar-refractivity contribution in [2.45, 2.75) is 102 Å². The van der Waals surface area contributed by atoms with E-state index in [9.17, 15) is 29.7 Å². The third-order valence-corrected chi connectivity index (χ3v) is 7.67. The number of hydrogen-bond acceptors (Lipinski definition) is 8. The summed E-state index contributed by atoms with van der Waals surface area (Å²) in [6.07, 6.45) is 7.61. The number of unbranched alkanes of at least 4 members (excludes halogenated alkanes) is 4. The molecule has 2 saturated heterocycles. The molecule has 0 saturated carbocycles. The van der Waals surface area contributed by atoms with Crippen molar-refractivity contribution in [3.05, 3.63) is 23.9 Å². The van der Waals surface area contributed by atoms with Gasteiger partial charge in [0, 0.05) is 48.9 Å². The van der Waals surface area contributed by atoms with Gasteiger partial charge in [-0.3, -0.25) is 14.4 Å². The van der Waals surface area contributed by atoms with Gasteiger partial charge in [-0.15, -0.1) is 0 Å². The van der Waals surface area contributed by atoms with E-state index in [4.69, 9.17) is 9.84 Å². The molecule has 35 heavy (non-hydrogen) atoms. The average Bonchev–Trinajstić information content (AvgIpc) is 3.10. The SMILES string of the molecule is CC/C=C\C[C@@H]1[C@@H](CC(=O)[C@H](O)CCCCCCCC(=O)O)O[C@@]2(O)CC13C(=CC2=O)NC[C@H]3O. The molecule has 2 bridgehead atoms. The Balaban J connectivity index is 1.66. The quantitative estimate of drug-likeness (QED) is 0.181. The molecule has 2 fully saturated rings. The number of aliphatic hydroxyl groups excluding tert-OH is 2. The number of fused-ring (bicyclic) bond motifs is 1. The van der Waals surface area contributed by atoms with Gasteiger partial charge in [-0.1, -0.05) is 44.8 Å². The fraction of sp³-hybridized carbons (Fsp3) is 0.731. The van der Waals surface area contributed by atoms with Crippen molar-refractivity contribution in [2.75, 3.05) is 6.54 Å². The van der Waals surface area contributed by atoms with E-state index < -0.39 is 47.0 Å². The molecule has 0 amide bonds. The van der Waals surface area contributed by atoms with Crippen LogP contribution < -0.4 is 5.32 Å². The smallest absolute Gasteiger partial charge is 0.303 e. The number of aliphatic carboxylic acids is 1. The van der Waals surface area contributed by atoms with E-state index in [-0.39, 0.29) is 38.1 Å². The molecule has 0 aromatic rings. The molecule has 1 unspecified atom stereocenters. The number of carboxylic acids is 1. The lowest BCUT2D eigenvalue weighted by molar-refractivity contribution is -0.286. The number of ketones is 2. The minimum atomic E-state index is -2.10. The molecule has 1 aliphatic carbocycles. The van der Waals surface area contributed by atoms with Crippen molar-refractivity contribution in [1.29, 1.82) is 0 Å². The molecule has 0 aromatic carbocycles. The summed E-state index contributed by atoms with van der Waals surface area (Å²) in [5.74, 6) is -4.29. The van der Waals surface area contributed by atoms with Crippen LogP contribution in [-0.4, -0.2) is 68.6 Å². The number of aliphatic hydroxyl groups is 3. The Labute approximate surface area is 206 Å². The number of allylic oxidation sites excluding steroid dienone is 2. The second-order valence-electron chi connectivity index (χ2n) is 10.1. The van der Waals surface area contributed by atoms with E-state index in [0.29, 0.717) is 25.0 Å². The maximum Gasteiger partial charge on any atom is 0.303 e. The van der Waals surface area contributed by atoms with E-state index in [0.717, 1.165) is 25.7 Å². The number of ether oxygens (including phenoxy) is 1. The van der Waals surface area contributed by atoms with Crippen LogP contribution in [0.3, 0.4) is 0 Å².